The molecule has 1 aromatic heterocycles. The monoisotopic (exact) mass is 316 g/mol. The highest BCUT2D eigenvalue weighted by molar-refractivity contribution is 5.80. The average Bonchev–Trinajstić information content (AvgIpc) is 3.12. The lowest BCUT2D eigenvalue weighted by atomic mass is 10.2. The lowest BCUT2D eigenvalue weighted by Gasteiger charge is -2.16. The molecule has 0 saturated carbocycles. The maximum Gasteiger partial charge on any atom is 0.191 e. The zero-order valence-corrected chi connectivity index (χ0v) is 14.1. The van der Waals surface area contributed by atoms with E-state index in [0.717, 1.165) is 62.9 Å². The van der Waals surface area contributed by atoms with Crippen LogP contribution in [-0.4, -0.2) is 39.9 Å². The maximum atomic E-state index is 4.71. The number of nitrogens with one attached hydrogen (secondary N) is 2. The van der Waals surface area contributed by atoms with Crippen LogP contribution in [0.15, 0.2) is 17.1 Å². The molecule has 2 heterocycles. The van der Waals surface area contributed by atoms with E-state index in [-0.39, 0.29) is 0 Å². The number of hydrogen-bond acceptors (Lipinski definition) is 3. The fourth-order valence-electron chi connectivity index (χ4n) is 3.25. The normalized spacial score (nSPS) is 18.7. The van der Waals surface area contributed by atoms with Crippen molar-refractivity contribution in [2.75, 3.05) is 13.1 Å². The minimum atomic E-state index is 0.483. The number of fused-ring (bicyclic) bond motifs is 1. The summed E-state index contributed by atoms with van der Waals surface area (Å²) in [7, 11) is 0. The molecular formula is C17H28N6. The van der Waals surface area contributed by atoms with Crippen molar-refractivity contribution in [3.63, 3.8) is 0 Å². The molecule has 3 rings (SSSR count). The molecule has 0 spiro atoms. The van der Waals surface area contributed by atoms with Crippen LogP contribution in [0.25, 0.3) is 0 Å². The summed E-state index contributed by atoms with van der Waals surface area (Å²) in [6.07, 6.45) is 12.3. The number of aromatic nitrogens is 3. The van der Waals surface area contributed by atoms with Crippen LogP contribution in [0.3, 0.4) is 0 Å². The van der Waals surface area contributed by atoms with E-state index < -0.39 is 0 Å². The quantitative estimate of drug-likeness (QED) is 0.494. The molecule has 2 aliphatic rings. The maximum absolute atomic E-state index is 4.71. The van der Waals surface area contributed by atoms with Crippen LogP contribution in [0.2, 0.25) is 0 Å². The first-order chi connectivity index (χ1) is 11.4. The van der Waals surface area contributed by atoms with E-state index in [0.29, 0.717) is 6.04 Å². The first-order valence-corrected chi connectivity index (χ1v) is 8.97. The van der Waals surface area contributed by atoms with Crippen molar-refractivity contribution in [2.45, 2.75) is 64.5 Å². The highest BCUT2D eigenvalue weighted by Gasteiger charge is 2.15. The molecule has 23 heavy (non-hydrogen) atoms. The van der Waals surface area contributed by atoms with Gasteiger partial charge in [-0.15, -0.1) is 10.2 Å². The number of rotatable bonds is 5. The molecule has 0 saturated heterocycles. The van der Waals surface area contributed by atoms with Crippen LogP contribution in [0.4, 0.5) is 0 Å². The summed E-state index contributed by atoms with van der Waals surface area (Å²) in [6.45, 7) is 4.79. The van der Waals surface area contributed by atoms with E-state index in [4.69, 9.17) is 4.99 Å². The van der Waals surface area contributed by atoms with Gasteiger partial charge in [-0.05, 0) is 32.6 Å². The Morgan fingerprint density at radius 2 is 2.13 bits per heavy atom. The molecule has 1 aromatic rings. The van der Waals surface area contributed by atoms with Crippen molar-refractivity contribution in [1.82, 2.24) is 25.4 Å². The zero-order valence-electron chi connectivity index (χ0n) is 14.1. The lowest BCUT2D eigenvalue weighted by molar-refractivity contribution is 0.602. The van der Waals surface area contributed by atoms with Crippen molar-refractivity contribution >= 4 is 5.96 Å². The Bertz CT molecular complexity index is 551. The van der Waals surface area contributed by atoms with Gasteiger partial charge in [0.1, 0.15) is 11.6 Å². The summed E-state index contributed by atoms with van der Waals surface area (Å²) < 4.78 is 2.31. The standard InChI is InChI=1S/C17H28N6/c1-2-18-17(20-14-8-5-6-9-14)19-12-11-16-22-21-15-10-4-3-7-13-23(15)16/h5-6,14H,2-4,7-13H2,1H3,(H2,18,19,20). The number of aryl methyl sites for hydroxylation is 1. The Morgan fingerprint density at radius 3 is 2.96 bits per heavy atom. The fraction of sp³-hybridized carbons (Fsp3) is 0.706. The first kappa shape index (κ1) is 16.0. The highest BCUT2D eigenvalue weighted by atomic mass is 15.3. The van der Waals surface area contributed by atoms with E-state index in [1.807, 2.05) is 0 Å². The van der Waals surface area contributed by atoms with Gasteiger partial charge in [0.2, 0.25) is 0 Å². The highest BCUT2D eigenvalue weighted by Crippen LogP contribution is 2.14. The van der Waals surface area contributed by atoms with E-state index in [1.54, 1.807) is 0 Å². The molecule has 0 atom stereocenters. The van der Waals surface area contributed by atoms with Crippen LogP contribution in [0.5, 0.6) is 0 Å². The Labute approximate surface area is 138 Å². The van der Waals surface area contributed by atoms with E-state index in [9.17, 15) is 0 Å². The molecule has 6 nitrogen and oxygen atoms in total. The third-order valence-corrected chi connectivity index (χ3v) is 4.48. The van der Waals surface area contributed by atoms with Gasteiger partial charge in [0.15, 0.2) is 5.96 Å². The number of nitrogens with zero attached hydrogens (tertiary/aromatic N) is 4. The molecule has 2 N–H and O–H groups in total. The lowest BCUT2D eigenvalue weighted by Crippen LogP contribution is -2.42. The van der Waals surface area contributed by atoms with E-state index in [2.05, 4.69) is 44.5 Å². The molecule has 0 radical (unpaired) electrons. The molecule has 0 unspecified atom stereocenters. The van der Waals surface area contributed by atoms with Crippen molar-refractivity contribution in [2.24, 2.45) is 4.99 Å². The molecule has 0 bridgehead atoms. The Balaban J connectivity index is 1.56. The summed E-state index contributed by atoms with van der Waals surface area (Å²) in [5, 5.41) is 15.6. The number of aliphatic imine (C=N–C) groups is 1. The summed E-state index contributed by atoms with van der Waals surface area (Å²) in [5.41, 5.74) is 0. The van der Waals surface area contributed by atoms with Gasteiger partial charge in [0, 0.05) is 38.5 Å². The molecule has 126 valence electrons. The van der Waals surface area contributed by atoms with E-state index in [1.165, 1.54) is 19.3 Å². The SMILES string of the molecule is CCNC(=NCCc1nnc2n1CCCCC2)NC1CC=CC1. The van der Waals surface area contributed by atoms with E-state index >= 15 is 0 Å². The number of guanidine groups is 1. The average molecular weight is 316 g/mol. The molecule has 0 amide bonds. The first-order valence-electron chi connectivity index (χ1n) is 8.97. The third-order valence-electron chi connectivity index (χ3n) is 4.48. The topological polar surface area (TPSA) is 67.1 Å². The second-order valence-electron chi connectivity index (χ2n) is 6.29. The summed E-state index contributed by atoms with van der Waals surface area (Å²) >= 11 is 0. The summed E-state index contributed by atoms with van der Waals surface area (Å²) in [6, 6.07) is 0.483. The number of hydrogen-bond donors (Lipinski definition) is 2. The molecular weight excluding hydrogens is 288 g/mol. The second-order valence-corrected chi connectivity index (χ2v) is 6.29. The van der Waals surface area contributed by atoms with Crippen LogP contribution < -0.4 is 10.6 Å². The van der Waals surface area contributed by atoms with Crippen molar-refractivity contribution in [3.8, 4) is 0 Å². The molecule has 1 aliphatic heterocycles. The minimum absolute atomic E-state index is 0.483. The Morgan fingerprint density at radius 1 is 1.26 bits per heavy atom. The predicted molar refractivity (Wildman–Crippen MR) is 92.6 cm³/mol. The van der Waals surface area contributed by atoms with Gasteiger partial charge in [0.05, 0.1) is 0 Å². The molecule has 0 fully saturated rings. The predicted octanol–water partition coefficient (Wildman–Crippen LogP) is 1.82. The van der Waals surface area contributed by atoms with Crippen LogP contribution >= 0.6 is 0 Å². The van der Waals surface area contributed by atoms with Gasteiger partial charge < -0.3 is 15.2 Å². The Kier molecular flexibility index (Phi) is 5.66. The van der Waals surface area contributed by atoms with Gasteiger partial charge in [0.25, 0.3) is 0 Å². The van der Waals surface area contributed by atoms with Crippen LogP contribution in [-0.2, 0) is 19.4 Å². The van der Waals surface area contributed by atoms with Crippen molar-refractivity contribution in [3.05, 3.63) is 23.8 Å². The molecule has 0 aromatic carbocycles. The van der Waals surface area contributed by atoms with Gasteiger partial charge >= 0.3 is 0 Å². The van der Waals surface area contributed by atoms with Crippen molar-refractivity contribution in [1.29, 1.82) is 0 Å². The Hall–Kier alpha value is -1.85. The van der Waals surface area contributed by atoms with Crippen LogP contribution in [0.1, 0.15) is 50.7 Å². The molecule has 1 aliphatic carbocycles. The minimum Gasteiger partial charge on any atom is -0.357 e. The van der Waals surface area contributed by atoms with Crippen molar-refractivity contribution < 1.29 is 0 Å². The zero-order chi connectivity index (χ0) is 15.9. The second kappa shape index (κ2) is 8.13. The molecule has 6 heteroatoms. The fourth-order valence-corrected chi connectivity index (χ4v) is 3.25. The van der Waals surface area contributed by atoms with Gasteiger partial charge in [-0.2, -0.15) is 0 Å². The van der Waals surface area contributed by atoms with Gasteiger partial charge in [-0.1, -0.05) is 18.6 Å². The van der Waals surface area contributed by atoms with Gasteiger partial charge in [-0.25, -0.2) is 0 Å². The smallest absolute Gasteiger partial charge is 0.191 e. The third kappa shape index (κ3) is 4.33. The summed E-state index contributed by atoms with van der Waals surface area (Å²) in [5.74, 6) is 3.16. The largest absolute Gasteiger partial charge is 0.357 e. The summed E-state index contributed by atoms with van der Waals surface area (Å²) in [4.78, 5) is 4.71. The van der Waals surface area contributed by atoms with Gasteiger partial charge in [-0.3, -0.25) is 4.99 Å². The van der Waals surface area contributed by atoms with Crippen LogP contribution in [0, 0.1) is 0 Å².